The first-order valence-electron chi connectivity index (χ1n) is 6.21. The molecule has 1 atom stereocenters. The average molecular weight is 330 g/mol. The van der Waals surface area contributed by atoms with Crippen molar-refractivity contribution in [1.82, 2.24) is 5.32 Å². The zero-order valence-electron chi connectivity index (χ0n) is 11.4. The van der Waals surface area contributed by atoms with Gasteiger partial charge in [-0.25, -0.2) is 0 Å². The molecular weight excluding hydrogens is 310 g/mol. The third-order valence-corrected chi connectivity index (χ3v) is 3.50. The molecular formula is C14H20BrNO3. The van der Waals surface area contributed by atoms with Crippen molar-refractivity contribution >= 4 is 21.8 Å². The maximum Gasteiger partial charge on any atom is 0.251 e. The van der Waals surface area contributed by atoms with E-state index in [1.807, 2.05) is 0 Å². The summed E-state index contributed by atoms with van der Waals surface area (Å²) in [5.41, 5.74) is 0.424. The maximum atomic E-state index is 12.1. The average Bonchev–Trinajstić information content (AvgIpc) is 2.37. The number of nitrogens with one attached hydrogen (secondary N) is 1. The van der Waals surface area contributed by atoms with Crippen LogP contribution in [0.15, 0.2) is 18.2 Å². The number of benzene rings is 1. The number of phenols is 1. The van der Waals surface area contributed by atoms with E-state index in [0.717, 1.165) is 6.42 Å². The molecule has 5 heteroatoms. The highest BCUT2D eigenvalue weighted by atomic mass is 79.9. The number of rotatable bonds is 6. The van der Waals surface area contributed by atoms with Crippen molar-refractivity contribution in [2.75, 3.05) is 12.4 Å². The number of hydrogen-bond acceptors (Lipinski definition) is 3. The van der Waals surface area contributed by atoms with Gasteiger partial charge in [0.05, 0.1) is 7.11 Å². The van der Waals surface area contributed by atoms with E-state index < -0.39 is 0 Å². The summed E-state index contributed by atoms with van der Waals surface area (Å²) in [4.78, 5) is 12.1. The Hall–Kier alpha value is -1.23. The molecule has 1 aromatic rings. The smallest absolute Gasteiger partial charge is 0.251 e. The van der Waals surface area contributed by atoms with Crippen molar-refractivity contribution < 1.29 is 14.6 Å². The SMILES string of the molecule is COc1ccc(C(=O)NC(CBr)CC(C)C)cc1O. The monoisotopic (exact) mass is 329 g/mol. The summed E-state index contributed by atoms with van der Waals surface area (Å²) in [6, 6.07) is 4.70. The fourth-order valence-corrected chi connectivity index (χ4v) is 2.26. The van der Waals surface area contributed by atoms with Gasteiger partial charge in [-0.05, 0) is 30.5 Å². The third-order valence-electron chi connectivity index (χ3n) is 2.72. The van der Waals surface area contributed by atoms with Crippen molar-refractivity contribution in [3.63, 3.8) is 0 Å². The first-order valence-corrected chi connectivity index (χ1v) is 7.33. The second kappa shape index (κ2) is 7.38. The summed E-state index contributed by atoms with van der Waals surface area (Å²) in [6.45, 7) is 4.22. The van der Waals surface area contributed by atoms with Crippen LogP contribution in [0.3, 0.4) is 0 Å². The van der Waals surface area contributed by atoms with Gasteiger partial charge in [0.2, 0.25) is 0 Å². The van der Waals surface area contributed by atoms with Gasteiger partial charge in [-0.15, -0.1) is 0 Å². The lowest BCUT2D eigenvalue weighted by Crippen LogP contribution is -2.37. The minimum absolute atomic E-state index is 0.0330. The summed E-state index contributed by atoms with van der Waals surface area (Å²) in [6.07, 6.45) is 0.902. The quantitative estimate of drug-likeness (QED) is 0.789. The predicted molar refractivity (Wildman–Crippen MR) is 79.2 cm³/mol. The van der Waals surface area contributed by atoms with Crippen LogP contribution in [0.4, 0.5) is 0 Å². The van der Waals surface area contributed by atoms with Gasteiger partial charge in [0, 0.05) is 16.9 Å². The Kier molecular flexibility index (Phi) is 6.15. The van der Waals surface area contributed by atoms with Crippen LogP contribution < -0.4 is 10.1 Å². The number of methoxy groups -OCH3 is 1. The lowest BCUT2D eigenvalue weighted by molar-refractivity contribution is 0.0936. The van der Waals surface area contributed by atoms with Gasteiger partial charge in [0.15, 0.2) is 11.5 Å². The van der Waals surface area contributed by atoms with Gasteiger partial charge in [-0.1, -0.05) is 29.8 Å². The topological polar surface area (TPSA) is 58.6 Å². The fraction of sp³-hybridized carbons (Fsp3) is 0.500. The zero-order valence-corrected chi connectivity index (χ0v) is 13.0. The van der Waals surface area contributed by atoms with Gasteiger partial charge in [-0.3, -0.25) is 4.79 Å². The Morgan fingerprint density at radius 1 is 1.47 bits per heavy atom. The lowest BCUT2D eigenvalue weighted by Gasteiger charge is -2.18. The molecule has 0 aromatic heterocycles. The van der Waals surface area contributed by atoms with Gasteiger partial charge in [0.1, 0.15) is 0 Å². The standard InChI is InChI=1S/C14H20BrNO3/c1-9(2)6-11(8-15)16-14(18)10-4-5-13(19-3)12(17)7-10/h4-5,7,9,11,17H,6,8H2,1-3H3,(H,16,18). The van der Waals surface area contributed by atoms with Gasteiger partial charge < -0.3 is 15.2 Å². The minimum atomic E-state index is -0.192. The van der Waals surface area contributed by atoms with E-state index in [-0.39, 0.29) is 17.7 Å². The molecule has 106 valence electrons. The Labute approximate surface area is 122 Å². The van der Waals surface area contributed by atoms with Crippen LogP contribution >= 0.6 is 15.9 Å². The molecule has 1 unspecified atom stereocenters. The lowest BCUT2D eigenvalue weighted by atomic mass is 10.0. The van der Waals surface area contributed by atoms with Gasteiger partial charge >= 0.3 is 0 Å². The molecule has 0 saturated heterocycles. The summed E-state index contributed by atoms with van der Waals surface area (Å²) in [5, 5.41) is 13.3. The highest BCUT2D eigenvalue weighted by Gasteiger charge is 2.15. The molecule has 0 aliphatic heterocycles. The van der Waals surface area contributed by atoms with Crippen LogP contribution in [-0.2, 0) is 0 Å². The Balaban J connectivity index is 2.74. The van der Waals surface area contributed by atoms with Crippen molar-refractivity contribution in [2.24, 2.45) is 5.92 Å². The molecule has 2 N–H and O–H groups in total. The van der Waals surface area contributed by atoms with Gasteiger partial charge in [-0.2, -0.15) is 0 Å². The maximum absolute atomic E-state index is 12.1. The molecule has 0 aliphatic carbocycles. The molecule has 1 aromatic carbocycles. The van der Waals surface area contributed by atoms with E-state index in [2.05, 4.69) is 35.1 Å². The molecule has 0 aliphatic rings. The summed E-state index contributed by atoms with van der Waals surface area (Å²) >= 11 is 3.40. The van der Waals surface area contributed by atoms with Crippen LogP contribution in [0.5, 0.6) is 11.5 Å². The van der Waals surface area contributed by atoms with Crippen molar-refractivity contribution in [3.8, 4) is 11.5 Å². The molecule has 1 amide bonds. The second-order valence-electron chi connectivity index (χ2n) is 4.84. The van der Waals surface area contributed by atoms with E-state index in [9.17, 15) is 9.90 Å². The fourth-order valence-electron chi connectivity index (χ4n) is 1.83. The van der Waals surface area contributed by atoms with Crippen LogP contribution in [0.1, 0.15) is 30.6 Å². The second-order valence-corrected chi connectivity index (χ2v) is 5.49. The number of halogens is 1. The molecule has 0 spiro atoms. The number of aromatic hydroxyl groups is 1. The number of hydrogen-bond donors (Lipinski definition) is 2. The van der Waals surface area contributed by atoms with Crippen LogP contribution in [0, 0.1) is 5.92 Å². The number of alkyl halides is 1. The largest absolute Gasteiger partial charge is 0.504 e. The van der Waals surface area contributed by atoms with E-state index in [0.29, 0.717) is 22.6 Å². The minimum Gasteiger partial charge on any atom is -0.504 e. The molecule has 0 fully saturated rings. The van der Waals surface area contributed by atoms with E-state index in [4.69, 9.17) is 4.74 Å². The van der Waals surface area contributed by atoms with Gasteiger partial charge in [0.25, 0.3) is 5.91 Å². The molecule has 4 nitrogen and oxygen atoms in total. The highest BCUT2D eigenvalue weighted by Crippen LogP contribution is 2.26. The Morgan fingerprint density at radius 3 is 2.63 bits per heavy atom. The Bertz CT molecular complexity index is 435. The molecule has 0 heterocycles. The number of carbonyl (C=O) groups excluding carboxylic acids is 1. The van der Waals surface area contributed by atoms with Crippen molar-refractivity contribution in [1.29, 1.82) is 0 Å². The van der Waals surface area contributed by atoms with Crippen LogP contribution in [-0.4, -0.2) is 29.5 Å². The molecule has 0 radical (unpaired) electrons. The third kappa shape index (κ3) is 4.74. The normalized spacial score (nSPS) is 12.3. The van der Waals surface area contributed by atoms with Crippen LogP contribution in [0.25, 0.3) is 0 Å². The molecule has 0 bridgehead atoms. The number of ether oxygens (including phenoxy) is 1. The number of phenolic OH excluding ortho intramolecular Hbond substituents is 1. The van der Waals surface area contributed by atoms with E-state index in [1.165, 1.54) is 13.2 Å². The molecule has 0 saturated carbocycles. The van der Waals surface area contributed by atoms with Crippen molar-refractivity contribution in [3.05, 3.63) is 23.8 Å². The Morgan fingerprint density at radius 2 is 2.16 bits per heavy atom. The highest BCUT2D eigenvalue weighted by molar-refractivity contribution is 9.09. The molecule has 19 heavy (non-hydrogen) atoms. The first kappa shape index (κ1) is 15.8. The summed E-state index contributed by atoms with van der Waals surface area (Å²) < 4.78 is 4.95. The predicted octanol–water partition coefficient (Wildman–Crippen LogP) is 2.94. The summed E-state index contributed by atoms with van der Waals surface area (Å²) in [7, 11) is 1.47. The number of amides is 1. The van der Waals surface area contributed by atoms with Crippen LogP contribution in [0.2, 0.25) is 0 Å². The summed E-state index contributed by atoms with van der Waals surface area (Å²) in [5.74, 6) is 0.639. The first-order chi connectivity index (χ1) is 8.97. The van der Waals surface area contributed by atoms with E-state index in [1.54, 1.807) is 12.1 Å². The number of carbonyl (C=O) groups is 1. The van der Waals surface area contributed by atoms with E-state index >= 15 is 0 Å². The van der Waals surface area contributed by atoms with Crippen molar-refractivity contribution in [2.45, 2.75) is 26.3 Å². The molecule has 1 rings (SSSR count). The zero-order chi connectivity index (χ0) is 14.4.